The molecule has 1 rings (SSSR count). The molecule has 1 N–H and O–H groups in total. The summed E-state index contributed by atoms with van der Waals surface area (Å²) in [4.78, 5) is 0. The summed E-state index contributed by atoms with van der Waals surface area (Å²) in [6.45, 7) is 2.53. The van der Waals surface area contributed by atoms with Crippen molar-refractivity contribution >= 4 is 27.3 Å². The number of halogens is 1. The van der Waals surface area contributed by atoms with E-state index >= 15 is 0 Å². The monoisotopic (exact) mass is 256 g/mol. The normalized spacial score (nSPS) is 38.4. The van der Waals surface area contributed by atoms with Crippen LogP contribution in [0.5, 0.6) is 0 Å². The number of hydrogen-bond acceptors (Lipinski definition) is 2. The summed E-state index contributed by atoms with van der Waals surface area (Å²) in [5.41, 5.74) is 0. The van der Waals surface area contributed by atoms with E-state index in [1.54, 1.807) is 0 Å². The second-order valence-electron chi connectivity index (χ2n) is 3.52. The number of rotatable bonds is 3. The van der Waals surface area contributed by atoms with Gasteiger partial charge in [0.05, 0.1) is 6.61 Å². The van der Waals surface area contributed by atoms with E-state index in [1.165, 1.54) is 0 Å². The van der Waals surface area contributed by atoms with E-state index in [9.17, 15) is 4.21 Å². The topological polar surface area (TPSA) is 46.5 Å². The summed E-state index contributed by atoms with van der Waals surface area (Å²) in [7, 11) is 0. The van der Waals surface area contributed by atoms with Crippen molar-refractivity contribution in [3.05, 3.63) is 0 Å². The van der Waals surface area contributed by atoms with Crippen LogP contribution < -0.4 is 0 Å². The van der Waals surface area contributed by atoms with Gasteiger partial charge in [-0.05, 0) is 32.1 Å². The Morgan fingerprint density at radius 2 is 2.50 bits per heavy atom. The second kappa shape index (κ2) is 4.17. The molecule has 0 aromatic carbocycles. The highest BCUT2D eigenvalue weighted by Gasteiger charge is 2.32. The smallest absolute Gasteiger partial charge is 0.284 e. The van der Waals surface area contributed by atoms with Crippen LogP contribution in [0.2, 0.25) is 0 Å². The first-order chi connectivity index (χ1) is 5.49. The molecule has 3 unspecified atom stereocenters. The quantitative estimate of drug-likeness (QED) is 0.622. The molecule has 1 aliphatic rings. The zero-order valence-electron chi connectivity index (χ0n) is 6.96. The third kappa shape index (κ3) is 3.51. The molecule has 0 aromatic rings. The lowest BCUT2D eigenvalue weighted by atomic mass is 10.1. The van der Waals surface area contributed by atoms with Gasteiger partial charge in [0.1, 0.15) is 0 Å². The highest BCUT2D eigenvalue weighted by Crippen LogP contribution is 2.40. The van der Waals surface area contributed by atoms with Gasteiger partial charge < -0.3 is 0 Å². The third-order valence-corrected chi connectivity index (χ3v) is 3.25. The minimum Gasteiger partial charge on any atom is -0.284 e. The van der Waals surface area contributed by atoms with Crippen LogP contribution in [0.25, 0.3) is 0 Å². The zero-order chi connectivity index (χ0) is 9.19. The Morgan fingerprint density at radius 1 is 1.83 bits per heavy atom. The van der Waals surface area contributed by atoms with Gasteiger partial charge in [0, 0.05) is 4.32 Å². The van der Waals surface area contributed by atoms with Crippen molar-refractivity contribution in [2.45, 2.75) is 30.5 Å². The van der Waals surface area contributed by atoms with E-state index in [2.05, 4.69) is 27.0 Å². The van der Waals surface area contributed by atoms with E-state index < -0.39 is 11.4 Å². The van der Waals surface area contributed by atoms with Crippen molar-refractivity contribution in [1.82, 2.24) is 0 Å². The van der Waals surface area contributed by atoms with Crippen molar-refractivity contribution in [2.75, 3.05) is 6.61 Å². The van der Waals surface area contributed by atoms with Gasteiger partial charge in [0.25, 0.3) is 0 Å². The Balaban J connectivity index is 2.24. The molecule has 3 atom stereocenters. The zero-order valence-corrected chi connectivity index (χ0v) is 9.36. The van der Waals surface area contributed by atoms with Gasteiger partial charge in [0.15, 0.2) is 0 Å². The lowest BCUT2D eigenvalue weighted by Gasteiger charge is -2.14. The molecule has 5 heteroatoms. The summed E-state index contributed by atoms with van der Waals surface area (Å²) in [6, 6.07) is 0. The fraction of sp³-hybridized carbons (Fsp3) is 1.00. The Kier molecular flexibility index (Phi) is 3.70. The van der Waals surface area contributed by atoms with Gasteiger partial charge in [-0.3, -0.25) is 8.74 Å². The average Bonchev–Trinajstić information content (AvgIpc) is 2.26. The molecule has 0 saturated heterocycles. The van der Waals surface area contributed by atoms with Gasteiger partial charge in [-0.25, -0.2) is 0 Å². The molecule has 0 radical (unpaired) electrons. The average molecular weight is 257 g/mol. The summed E-state index contributed by atoms with van der Waals surface area (Å²) in [6.07, 6.45) is 3.20. The SMILES string of the molecule is CC1(Br)CCC(COS(=O)O)C1. The van der Waals surface area contributed by atoms with E-state index in [4.69, 9.17) is 4.55 Å². The lowest BCUT2D eigenvalue weighted by molar-refractivity contribution is 0.249. The molecule has 12 heavy (non-hydrogen) atoms. The van der Waals surface area contributed by atoms with Gasteiger partial charge in [-0.15, -0.1) is 0 Å². The van der Waals surface area contributed by atoms with Crippen molar-refractivity contribution in [3.8, 4) is 0 Å². The predicted molar refractivity (Wildman–Crippen MR) is 51.4 cm³/mol. The van der Waals surface area contributed by atoms with E-state index in [1.807, 2.05) is 0 Å². The Morgan fingerprint density at radius 3 is 2.92 bits per heavy atom. The molecule has 0 aliphatic heterocycles. The van der Waals surface area contributed by atoms with Crippen LogP contribution in [0.4, 0.5) is 0 Å². The number of alkyl halides is 1. The molecule has 3 nitrogen and oxygen atoms in total. The molecular formula is C7H13BrO3S. The van der Waals surface area contributed by atoms with Gasteiger partial charge in [-0.1, -0.05) is 15.9 Å². The third-order valence-electron chi connectivity index (χ3n) is 2.19. The van der Waals surface area contributed by atoms with Crippen LogP contribution in [-0.2, 0) is 15.5 Å². The maximum Gasteiger partial charge on any atom is 0.301 e. The minimum absolute atomic E-state index is 0.206. The molecule has 1 aliphatic carbocycles. The molecule has 0 heterocycles. The largest absolute Gasteiger partial charge is 0.301 e. The molecule has 1 saturated carbocycles. The first-order valence-corrected chi connectivity index (χ1v) is 5.75. The Labute approximate surface area is 83.5 Å². The molecule has 0 bridgehead atoms. The Hall–Kier alpha value is 0.550. The molecule has 0 amide bonds. The first kappa shape index (κ1) is 10.6. The molecular weight excluding hydrogens is 244 g/mol. The molecule has 72 valence electrons. The van der Waals surface area contributed by atoms with Crippen LogP contribution in [0.15, 0.2) is 0 Å². The second-order valence-corrected chi connectivity index (χ2v) is 6.11. The first-order valence-electron chi connectivity index (χ1n) is 3.93. The van der Waals surface area contributed by atoms with Gasteiger partial charge in [-0.2, -0.15) is 4.21 Å². The van der Waals surface area contributed by atoms with Crippen LogP contribution in [0, 0.1) is 5.92 Å². The van der Waals surface area contributed by atoms with Crippen molar-refractivity contribution in [1.29, 1.82) is 0 Å². The number of hydrogen-bond donors (Lipinski definition) is 1. The maximum absolute atomic E-state index is 10.2. The van der Waals surface area contributed by atoms with Gasteiger partial charge >= 0.3 is 11.4 Å². The predicted octanol–water partition coefficient (Wildman–Crippen LogP) is 2.09. The van der Waals surface area contributed by atoms with Gasteiger partial charge in [0.2, 0.25) is 0 Å². The summed E-state index contributed by atoms with van der Waals surface area (Å²) in [5, 5.41) is 0. The van der Waals surface area contributed by atoms with Crippen LogP contribution in [0.3, 0.4) is 0 Å². The summed E-state index contributed by atoms with van der Waals surface area (Å²) in [5.74, 6) is 0.422. The Bertz CT molecular complexity index is 183. The van der Waals surface area contributed by atoms with Crippen molar-refractivity contribution < 1.29 is 12.9 Å². The van der Waals surface area contributed by atoms with Crippen molar-refractivity contribution in [3.63, 3.8) is 0 Å². The van der Waals surface area contributed by atoms with Crippen LogP contribution >= 0.6 is 15.9 Å². The fourth-order valence-electron chi connectivity index (χ4n) is 1.61. The van der Waals surface area contributed by atoms with Crippen LogP contribution in [-0.4, -0.2) is 19.7 Å². The van der Waals surface area contributed by atoms with Crippen LogP contribution in [0.1, 0.15) is 26.2 Å². The lowest BCUT2D eigenvalue weighted by Crippen LogP contribution is -2.12. The fourth-order valence-corrected chi connectivity index (χ4v) is 2.60. The molecule has 1 fully saturated rings. The van der Waals surface area contributed by atoms with E-state index in [0.717, 1.165) is 19.3 Å². The summed E-state index contributed by atoms with van der Waals surface area (Å²) < 4.78 is 23.4. The molecule has 0 aromatic heterocycles. The summed E-state index contributed by atoms with van der Waals surface area (Å²) >= 11 is 1.49. The van der Waals surface area contributed by atoms with E-state index in [-0.39, 0.29) is 4.32 Å². The highest BCUT2D eigenvalue weighted by atomic mass is 79.9. The minimum atomic E-state index is -2.10. The highest BCUT2D eigenvalue weighted by molar-refractivity contribution is 9.10. The van der Waals surface area contributed by atoms with E-state index in [0.29, 0.717) is 12.5 Å². The molecule has 0 spiro atoms. The van der Waals surface area contributed by atoms with Crippen molar-refractivity contribution in [2.24, 2.45) is 5.92 Å². The standard InChI is InChI=1S/C7H13BrO3S/c1-7(8)3-2-6(4-7)5-11-12(9)10/h6H,2-5H2,1H3,(H,9,10). The maximum atomic E-state index is 10.2.